The van der Waals surface area contributed by atoms with Crippen molar-refractivity contribution in [1.29, 1.82) is 0 Å². The Morgan fingerprint density at radius 2 is 0.873 bits per heavy atom. The molecule has 0 aliphatic carbocycles. The van der Waals surface area contributed by atoms with Crippen molar-refractivity contribution in [3.63, 3.8) is 0 Å². The SMILES string of the molecule is c1ccc(-c2ccc(-c3ccc(C4=NC(c5ccccc5)NC(c5cccc6oc7ccc(-c8ccc(-c9ccccc9)cc8)cc7c56)=N4)cc3)cc2)cc1. The molecule has 55 heavy (non-hydrogen) atoms. The molecular weight excluding hydrogens is 671 g/mol. The Labute approximate surface area is 319 Å². The number of benzene rings is 8. The van der Waals surface area contributed by atoms with Crippen LogP contribution in [0.4, 0.5) is 0 Å². The van der Waals surface area contributed by atoms with Gasteiger partial charge in [-0.1, -0.05) is 182 Å². The van der Waals surface area contributed by atoms with Gasteiger partial charge in [-0.25, -0.2) is 9.98 Å². The summed E-state index contributed by atoms with van der Waals surface area (Å²) in [7, 11) is 0. The average molecular weight is 706 g/mol. The second-order valence-electron chi connectivity index (χ2n) is 13.8. The zero-order valence-electron chi connectivity index (χ0n) is 29.9. The van der Waals surface area contributed by atoms with Crippen molar-refractivity contribution < 1.29 is 4.42 Å². The van der Waals surface area contributed by atoms with E-state index in [9.17, 15) is 0 Å². The highest BCUT2D eigenvalue weighted by molar-refractivity contribution is 6.22. The van der Waals surface area contributed by atoms with Gasteiger partial charge in [-0.3, -0.25) is 0 Å². The molecule has 0 saturated carbocycles. The van der Waals surface area contributed by atoms with Crippen LogP contribution in [0.15, 0.2) is 215 Å². The van der Waals surface area contributed by atoms with E-state index in [1.54, 1.807) is 0 Å². The van der Waals surface area contributed by atoms with Crippen molar-refractivity contribution in [2.75, 3.05) is 0 Å². The molecular formula is C51H35N3O. The minimum absolute atomic E-state index is 0.319. The number of furan rings is 1. The van der Waals surface area contributed by atoms with Crippen molar-refractivity contribution in [3.05, 3.63) is 217 Å². The lowest BCUT2D eigenvalue weighted by atomic mass is 9.98. The third-order valence-electron chi connectivity index (χ3n) is 10.4. The smallest absolute Gasteiger partial charge is 0.159 e. The summed E-state index contributed by atoms with van der Waals surface area (Å²) < 4.78 is 6.45. The fourth-order valence-electron chi connectivity index (χ4n) is 7.51. The second kappa shape index (κ2) is 13.9. The predicted molar refractivity (Wildman–Crippen MR) is 227 cm³/mol. The standard InChI is InChI=1S/C51H35N3O/c1-4-11-34(12-5-1)36-19-21-38(22-20-36)39-27-29-42(30-28-39)50-52-49(41-15-8-3-9-16-41)53-51(54-50)44-17-10-18-47-48(44)45-33-43(31-32-46(45)55-47)40-25-23-37(24-26-40)35-13-6-2-7-14-35/h1-33,49H,(H,52,53,54). The molecule has 10 rings (SSSR count). The van der Waals surface area contributed by atoms with E-state index in [1.807, 2.05) is 42.5 Å². The van der Waals surface area contributed by atoms with Gasteiger partial charge in [0.05, 0.1) is 0 Å². The van der Waals surface area contributed by atoms with Crippen molar-refractivity contribution >= 4 is 33.6 Å². The van der Waals surface area contributed by atoms with Crippen molar-refractivity contribution in [2.45, 2.75) is 6.17 Å². The first-order valence-corrected chi connectivity index (χ1v) is 18.6. The highest BCUT2D eigenvalue weighted by atomic mass is 16.3. The lowest BCUT2D eigenvalue weighted by molar-refractivity contribution is 0.668. The number of nitrogens with one attached hydrogen (secondary N) is 1. The zero-order valence-corrected chi connectivity index (χ0v) is 29.9. The summed E-state index contributed by atoms with van der Waals surface area (Å²) in [6, 6.07) is 70.0. The summed E-state index contributed by atoms with van der Waals surface area (Å²) >= 11 is 0. The molecule has 260 valence electrons. The predicted octanol–water partition coefficient (Wildman–Crippen LogP) is 12.7. The Morgan fingerprint density at radius 3 is 1.44 bits per heavy atom. The topological polar surface area (TPSA) is 49.9 Å². The maximum absolute atomic E-state index is 6.45. The number of hydrogen-bond acceptors (Lipinski definition) is 4. The van der Waals surface area contributed by atoms with Crippen LogP contribution in [0.5, 0.6) is 0 Å². The molecule has 9 aromatic rings. The average Bonchev–Trinajstić information content (AvgIpc) is 3.66. The zero-order chi connectivity index (χ0) is 36.6. The van der Waals surface area contributed by atoms with Crippen LogP contribution in [0.3, 0.4) is 0 Å². The maximum atomic E-state index is 6.45. The number of rotatable bonds is 7. The number of hydrogen-bond donors (Lipinski definition) is 1. The van der Waals surface area contributed by atoms with Crippen LogP contribution < -0.4 is 5.32 Å². The van der Waals surface area contributed by atoms with E-state index in [0.29, 0.717) is 5.84 Å². The van der Waals surface area contributed by atoms with Gasteiger partial charge in [0.25, 0.3) is 0 Å². The second-order valence-corrected chi connectivity index (χ2v) is 13.8. The largest absolute Gasteiger partial charge is 0.456 e. The van der Waals surface area contributed by atoms with Crippen LogP contribution in [-0.4, -0.2) is 11.7 Å². The molecule has 0 radical (unpaired) electrons. The van der Waals surface area contributed by atoms with Crippen LogP contribution in [0, 0.1) is 0 Å². The number of aliphatic imine (C=N–C) groups is 2. The summed E-state index contributed by atoms with van der Waals surface area (Å²) in [6.45, 7) is 0. The van der Waals surface area contributed by atoms with E-state index in [0.717, 1.165) is 66.7 Å². The van der Waals surface area contributed by atoms with Crippen LogP contribution in [0.25, 0.3) is 66.4 Å². The molecule has 1 atom stereocenters. The lowest BCUT2D eigenvalue weighted by Gasteiger charge is -2.24. The molecule has 1 N–H and O–H groups in total. The van der Waals surface area contributed by atoms with Crippen LogP contribution in [0.1, 0.15) is 22.9 Å². The molecule has 0 bridgehead atoms. The first kappa shape index (κ1) is 32.4. The molecule has 1 aliphatic rings. The minimum atomic E-state index is -0.319. The van der Waals surface area contributed by atoms with Crippen LogP contribution in [-0.2, 0) is 0 Å². The highest BCUT2D eigenvalue weighted by Crippen LogP contribution is 2.36. The third kappa shape index (κ3) is 6.30. The van der Waals surface area contributed by atoms with Crippen molar-refractivity contribution in [1.82, 2.24) is 5.32 Å². The van der Waals surface area contributed by atoms with E-state index in [-0.39, 0.29) is 6.17 Å². The molecule has 0 spiro atoms. The Hall–Kier alpha value is -7.30. The lowest BCUT2D eigenvalue weighted by Crippen LogP contribution is -2.33. The quantitative estimate of drug-likeness (QED) is 0.179. The molecule has 0 saturated heterocycles. The third-order valence-corrected chi connectivity index (χ3v) is 10.4. The summed E-state index contributed by atoms with van der Waals surface area (Å²) in [4.78, 5) is 10.4. The van der Waals surface area contributed by atoms with Gasteiger partial charge in [-0.2, -0.15) is 0 Å². The molecule has 1 aromatic heterocycles. The van der Waals surface area contributed by atoms with Gasteiger partial charge in [-0.15, -0.1) is 0 Å². The Kier molecular flexibility index (Phi) is 8.19. The summed E-state index contributed by atoms with van der Waals surface area (Å²) in [5, 5.41) is 5.74. The molecule has 1 unspecified atom stereocenters. The molecule has 4 nitrogen and oxygen atoms in total. The van der Waals surface area contributed by atoms with Crippen LogP contribution in [0.2, 0.25) is 0 Å². The van der Waals surface area contributed by atoms with E-state index in [4.69, 9.17) is 14.4 Å². The van der Waals surface area contributed by atoms with E-state index >= 15 is 0 Å². The summed E-state index contributed by atoms with van der Waals surface area (Å²) in [6.07, 6.45) is -0.319. The molecule has 8 aromatic carbocycles. The maximum Gasteiger partial charge on any atom is 0.159 e. The van der Waals surface area contributed by atoms with Gasteiger partial charge in [-0.05, 0) is 68.3 Å². The fourth-order valence-corrected chi connectivity index (χ4v) is 7.51. The number of amidine groups is 2. The number of nitrogens with zero attached hydrogens (tertiary/aromatic N) is 2. The molecule has 0 amide bonds. The van der Waals surface area contributed by atoms with Gasteiger partial charge in [0.15, 0.2) is 5.84 Å². The van der Waals surface area contributed by atoms with Gasteiger partial charge < -0.3 is 9.73 Å². The molecule has 1 aliphatic heterocycles. The summed E-state index contributed by atoms with van der Waals surface area (Å²) in [5.74, 6) is 1.43. The highest BCUT2D eigenvalue weighted by Gasteiger charge is 2.24. The number of fused-ring (bicyclic) bond motifs is 3. The Morgan fingerprint density at radius 1 is 0.400 bits per heavy atom. The molecule has 4 heteroatoms. The van der Waals surface area contributed by atoms with Gasteiger partial charge in [0, 0.05) is 21.9 Å². The van der Waals surface area contributed by atoms with E-state index in [2.05, 4.69) is 163 Å². The monoisotopic (exact) mass is 705 g/mol. The molecule has 0 fully saturated rings. The van der Waals surface area contributed by atoms with E-state index < -0.39 is 0 Å². The van der Waals surface area contributed by atoms with Gasteiger partial charge in [0.1, 0.15) is 23.2 Å². The van der Waals surface area contributed by atoms with Gasteiger partial charge in [0.2, 0.25) is 0 Å². The van der Waals surface area contributed by atoms with E-state index in [1.165, 1.54) is 22.3 Å². The summed E-state index contributed by atoms with van der Waals surface area (Å²) in [5.41, 5.74) is 14.0. The van der Waals surface area contributed by atoms with Gasteiger partial charge >= 0.3 is 0 Å². The van der Waals surface area contributed by atoms with Crippen molar-refractivity contribution in [3.8, 4) is 44.5 Å². The van der Waals surface area contributed by atoms with Crippen molar-refractivity contribution in [2.24, 2.45) is 9.98 Å². The molecule has 2 heterocycles. The normalized spacial score (nSPS) is 14.0. The Bertz CT molecular complexity index is 2840. The minimum Gasteiger partial charge on any atom is -0.456 e. The first-order chi connectivity index (χ1) is 27.2. The Balaban J connectivity index is 1.02. The van der Waals surface area contributed by atoms with Crippen LogP contribution >= 0.6 is 0 Å². The fraction of sp³-hybridized carbons (Fsp3) is 0.0196. The first-order valence-electron chi connectivity index (χ1n) is 18.6.